The Balaban J connectivity index is 2.45. The molecule has 0 radical (unpaired) electrons. The Hall–Kier alpha value is -1.07. The van der Waals surface area contributed by atoms with Gasteiger partial charge in [-0.1, -0.05) is 18.2 Å². The van der Waals surface area contributed by atoms with E-state index in [0.29, 0.717) is 11.3 Å². The Morgan fingerprint density at radius 1 is 1.38 bits per heavy atom. The molecule has 1 saturated heterocycles. The first-order valence-corrected chi connectivity index (χ1v) is 6.85. The zero-order valence-electron chi connectivity index (χ0n) is 9.01. The topological polar surface area (TPSA) is 63.6 Å². The second kappa shape index (κ2) is 3.75. The molecule has 1 heterocycles. The molecule has 2 rings (SSSR count). The van der Waals surface area contributed by atoms with Gasteiger partial charge in [-0.15, -0.1) is 0 Å². The lowest BCUT2D eigenvalue weighted by atomic mass is 9.92. The highest BCUT2D eigenvalue weighted by Gasteiger charge is 2.43. The summed E-state index contributed by atoms with van der Waals surface area (Å²) in [6.45, 7) is 0. The molecule has 4 nitrogen and oxygen atoms in total. The van der Waals surface area contributed by atoms with Gasteiger partial charge < -0.3 is 9.84 Å². The van der Waals surface area contributed by atoms with E-state index in [-0.39, 0.29) is 17.9 Å². The lowest BCUT2D eigenvalue weighted by Crippen LogP contribution is -2.27. The van der Waals surface area contributed by atoms with E-state index in [1.165, 1.54) is 7.11 Å². The Bertz CT molecular complexity index is 494. The summed E-state index contributed by atoms with van der Waals surface area (Å²) in [5, 5.41) is 10.4. The lowest BCUT2D eigenvalue weighted by molar-refractivity contribution is 0.0625. The summed E-state index contributed by atoms with van der Waals surface area (Å²) in [6, 6.07) is 6.98. The fourth-order valence-corrected chi connectivity index (χ4v) is 3.89. The summed E-state index contributed by atoms with van der Waals surface area (Å²) in [5.41, 5.74) is -0.746. The number of hydrogen-bond donors (Lipinski definition) is 1. The summed E-state index contributed by atoms with van der Waals surface area (Å²) < 4.78 is 28.0. The Kier molecular flexibility index (Phi) is 2.67. The van der Waals surface area contributed by atoms with Crippen molar-refractivity contribution in [3.63, 3.8) is 0 Å². The van der Waals surface area contributed by atoms with Gasteiger partial charge in [0.2, 0.25) is 0 Å². The van der Waals surface area contributed by atoms with Crippen LogP contribution in [-0.4, -0.2) is 32.1 Å². The van der Waals surface area contributed by atoms with Crippen LogP contribution >= 0.6 is 0 Å². The molecule has 0 saturated carbocycles. The molecule has 1 atom stereocenters. The highest BCUT2D eigenvalue weighted by atomic mass is 32.2. The van der Waals surface area contributed by atoms with Gasteiger partial charge in [-0.05, 0) is 12.5 Å². The van der Waals surface area contributed by atoms with E-state index in [1.54, 1.807) is 24.3 Å². The minimum absolute atomic E-state index is 0.0293. The van der Waals surface area contributed by atoms with E-state index < -0.39 is 15.4 Å². The van der Waals surface area contributed by atoms with Crippen LogP contribution in [0.4, 0.5) is 0 Å². The molecule has 1 aromatic rings. The SMILES string of the molecule is COc1ccccc1C1(O)CCS(=O)(=O)C1. The summed E-state index contributed by atoms with van der Waals surface area (Å²) in [7, 11) is -1.63. The maximum absolute atomic E-state index is 11.4. The van der Waals surface area contributed by atoms with E-state index in [0.717, 1.165) is 0 Å². The Labute approximate surface area is 94.8 Å². The van der Waals surface area contributed by atoms with Gasteiger partial charge in [0.1, 0.15) is 11.4 Å². The second-order valence-electron chi connectivity index (χ2n) is 4.07. The summed E-state index contributed by atoms with van der Waals surface area (Å²) >= 11 is 0. The first-order valence-electron chi connectivity index (χ1n) is 5.03. The van der Waals surface area contributed by atoms with Gasteiger partial charge >= 0.3 is 0 Å². The molecular weight excluding hydrogens is 228 g/mol. The number of para-hydroxylation sites is 1. The van der Waals surface area contributed by atoms with E-state index >= 15 is 0 Å². The van der Waals surface area contributed by atoms with Crippen LogP contribution in [0.5, 0.6) is 5.75 Å². The molecule has 1 unspecified atom stereocenters. The van der Waals surface area contributed by atoms with E-state index in [2.05, 4.69) is 0 Å². The fraction of sp³-hybridized carbons (Fsp3) is 0.455. The lowest BCUT2D eigenvalue weighted by Gasteiger charge is -2.23. The number of ether oxygens (including phenoxy) is 1. The Morgan fingerprint density at radius 3 is 2.62 bits per heavy atom. The van der Waals surface area contributed by atoms with Crippen molar-refractivity contribution in [3.8, 4) is 5.75 Å². The first-order chi connectivity index (χ1) is 7.47. The van der Waals surface area contributed by atoms with Crippen LogP contribution in [-0.2, 0) is 15.4 Å². The zero-order chi connectivity index (χ0) is 11.8. The number of sulfone groups is 1. The van der Waals surface area contributed by atoms with Crippen LogP contribution in [0.25, 0.3) is 0 Å². The van der Waals surface area contributed by atoms with Crippen LogP contribution in [0.15, 0.2) is 24.3 Å². The smallest absolute Gasteiger partial charge is 0.153 e. The number of methoxy groups -OCH3 is 1. The molecule has 88 valence electrons. The molecule has 1 aromatic carbocycles. The van der Waals surface area contributed by atoms with Gasteiger partial charge in [0.15, 0.2) is 9.84 Å². The normalized spacial score (nSPS) is 27.9. The first kappa shape index (κ1) is 11.4. The number of hydrogen-bond acceptors (Lipinski definition) is 4. The molecule has 0 aliphatic carbocycles. The molecule has 0 bridgehead atoms. The molecule has 16 heavy (non-hydrogen) atoms. The summed E-state index contributed by atoms with van der Waals surface area (Å²) in [5.74, 6) is 0.337. The number of benzene rings is 1. The van der Waals surface area contributed by atoms with Gasteiger partial charge in [-0.3, -0.25) is 0 Å². The molecule has 0 amide bonds. The molecular formula is C11H14O4S. The highest BCUT2D eigenvalue weighted by Crippen LogP contribution is 2.38. The maximum Gasteiger partial charge on any atom is 0.153 e. The van der Waals surface area contributed by atoms with Crippen molar-refractivity contribution in [2.24, 2.45) is 0 Å². The monoisotopic (exact) mass is 242 g/mol. The van der Waals surface area contributed by atoms with Crippen molar-refractivity contribution in [2.45, 2.75) is 12.0 Å². The molecule has 5 heteroatoms. The van der Waals surface area contributed by atoms with Crippen molar-refractivity contribution >= 4 is 9.84 Å². The van der Waals surface area contributed by atoms with Crippen LogP contribution in [0, 0.1) is 0 Å². The molecule has 0 aromatic heterocycles. The number of aliphatic hydroxyl groups is 1. The molecule has 1 fully saturated rings. The highest BCUT2D eigenvalue weighted by molar-refractivity contribution is 7.91. The zero-order valence-corrected chi connectivity index (χ0v) is 9.83. The van der Waals surface area contributed by atoms with Crippen LogP contribution in [0.1, 0.15) is 12.0 Å². The average molecular weight is 242 g/mol. The average Bonchev–Trinajstić information content (AvgIpc) is 2.54. The van der Waals surface area contributed by atoms with Crippen molar-refractivity contribution < 1.29 is 18.3 Å². The van der Waals surface area contributed by atoms with Crippen LogP contribution in [0.3, 0.4) is 0 Å². The van der Waals surface area contributed by atoms with Crippen LogP contribution < -0.4 is 4.74 Å². The predicted molar refractivity (Wildman–Crippen MR) is 60.2 cm³/mol. The van der Waals surface area contributed by atoms with Gasteiger partial charge in [0, 0.05) is 5.56 Å². The van der Waals surface area contributed by atoms with Crippen molar-refractivity contribution in [1.82, 2.24) is 0 Å². The second-order valence-corrected chi connectivity index (χ2v) is 6.26. The number of rotatable bonds is 2. The van der Waals surface area contributed by atoms with Gasteiger partial charge in [0.25, 0.3) is 0 Å². The minimum atomic E-state index is -3.13. The standard InChI is InChI=1S/C11H14O4S/c1-15-10-5-3-2-4-9(10)11(12)6-7-16(13,14)8-11/h2-5,12H,6-8H2,1H3. The van der Waals surface area contributed by atoms with Crippen molar-refractivity contribution in [3.05, 3.63) is 29.8 Å². The van der Waals surface area contributed by atoms with Gasteiger partial charge in [0.05, 0.1) is 18.6 Å². The quantitative estimate of drug-likeness (QED) is 0.829. The van der Waals surface area contributed by atoms with Crippen LogP contribution in [0.2, 0.25) is 0 Å². The third-order valence-corrected chi connectivity index (χ3v) is 4.64. The van der Waals surface area contributed by atoms with E-state index in [4.69, 9.17) is 4.74 Å². The van der Waals surface area contributed by atoms with E-state index in [1.807, 2.05) is 0 Å². The largest absolute Gasteiger partial charge is 0.496 e. The van der Waals surface area contributed by atoms with Crippen molar-refractivity contribution in [1.29, 1.82) is 0 Å². The minimum Gasteiger partial charge on any atom is -0.496 e. The third-order valence-electron chi connectivity index (χ3n) is 2.89. The van der Waals surface area contributed by atoms with Gasteiger partial charge in [-0.25, -0.2) is 8.42 Å². The molecule has 1 aliphatic heterocycles. The van der Waals surface area contributed by atoms with Gasteiger partial charge in [-0.2, -0.15) is 0 Å². The molecule has 0 spiro atoms. The maximum atomic E-state index is 11.4. The van der Waals surface area contributed by atoms with E-state index in [9.17, 15) is 13.5 Å². The Morgan fingerprint density at radius 2 is 2.06 bits per heavy atom. The fourth-order valence-electron chi connectivity index (χ4n) is 2.07. The molecule has 1 aliphatic rings. The third kappa shape index (κ3) is 1.92. The summed E-state index contributed by atoms with van der Waals surface area (Å²) in [6.07, 6.45) is 0.232. The summed E-state index contributed by atoms with van der Waals surface area (Å²) in [4.78, 5) is 0. The predicted octanol–water partition coefficient (Wildman–Crippen LogP) is 0.701. The van der Waals surface area contributed by atoms with Crippen molar-refractivity contribution in [2.75, 3.05) is 18.6 Å². The molecule has 1 N–H and O–H groups in total.